The SMILES string of the molecule is NCc1ccc(N)cc1CN(Cc1nc2ccccc2[nH]1)C1CCCc2cccnc21. The van der Waals surface area contributed by atoms with Crippen LogP contribution in [-0.4, -0.2) is 19.9 Å². The van der Waals surface area contributed by atoms with Crippen molar-refractivity contribution in [3.8, 4) is 0 Å². The molecule has 1 aliphatic carbocycles. The zero-order valence-corrected chi connectivity index (χ0v) is 17.6. The number of H-pyrrole nitrogens is 1. The van der Waals surface area contributed by atoms with Gasteiger partial charge in [-0.25, -0.2) is 4.98 Å². The third-order valence-electron chi connectivity index (χ3n) is 6.22. The number of fused-ring (bicyclic) bond motifs is 2. The van der Waals surface area contributed by atoms with E-state index in [0.29, 0.717) is 13.1 Å². The van der Waals surface area contributed by atoms with Crippen LogP contribution in [0.3, 0.4) is 0 Å². The van der Waals surface area contributed by atoms with Crippen molar-refractivity contribution < 1.29 is 0 Å². The molecule has 1 unspecified atom stereocenters. The number of nitrogens with one attached hydrogen (secondary N) is 1. The molecule has 6 nitrogen and oxygen atoms in total. The van der Waals surface area contributed by atoms with Gasteiger partial charge in [0.2, 0.25) is 0 Å². The number of aromatic amines is 1. The van der Waals surface area contributed by atoms with Crippen molar-refractivity contribution in [2.75, 3.05) is 5.73 Å². The van der Waals surface area contributed by atoms with Crippen LogP contribution in [0.5, 0.6) is 0 Å². The first-order chi connectivity index (χ1) is 15.2. The van der Waals surface area contributed by atoms with Crippen molar-refractivity contribution >= 4 is 16.7 Å². The van der Waals surface area contributed by atoms with Gasteiger partial charge in [-0.05, 0) is 66.3 Å². The third-order valence-corrected chi connectivity index (χ3v) is 6.22. The first-order valence-corrected chi connectivity index (χ1v) is 10.9. The van der Waals surface area contributed by atoms with E-state index in [0.717, 1.165) is 53.9 Å². The summed E-state index contributed by atoms with van der Waals surface area (Å²) in [6.07, 6.45) is 5.22. The van der Waals surface area contributed by atoms with Gasteiger partial charge in [0, 0.05) is 25.0 Å². The number of benzene rings is 2. The van der Waals surface area contributed by atoms with E-state index in [1.807, 2.05) is 42.6 Å². The molecule has 0 spiro atoms. The second-order valence-electron chi connectivity index (χ2n) is 8.29. The van der Waals surface area contributed by atoms with E-state index >= 15 is 0 Å². The van der Waals surface area contributed by atoms with Crippen molar-refractivity contribution in [2.45, 2.75) is 44.9 Å². The van der Waals surface area contributed by atoms with E-state index in [-0.39, 0.29) is 6.04 Å². The first-order valence-electron chi connectivity index (χ1n) is 10.9. The minimum Gasteiger partial charge on any atom is -0.399 e. The van der Waals surface area contributed by atoms with Crippen LogP contribution in [0.25, 0.3) is 11.0 Å². The van der Waals surface area contributed by atoms with Crippen LogP contribution in [0.1, 0.15) is 47.1 Å². The molecule has 0 amide bonds. The number of hydrogen-bond acceptors (Lipinski definition) is 5. The average Bonchev–Trinajstić information content (AvgIpc) is 3.21. The molecule has 5 rings (SSSR count). The van der Waals surface area contributed by atoms with Gasteiger partial charge in [0.05, 0.1) is 29.3 Å². The van der Waals surface area contributed by atoms with E-state index in [4.69, 9.17) is 21.4 Å². The molecule has 0 bridgehead atoms. The number of nitrogens with two attached hydrogens (primary N) is 2. The molecule has 31 heavy (non-hydrogen) atoms. The Morgan fingerprint density at radius 1 is 1.03 bits per heavy atom. The standard InChI is InChI=1S/C25H28N6/c26-14-18-10-11-20(27)13-19(18)15-31(16-24-29-21-7-1-2-8-22(21)30-24)23-9-3-5-17-6-4-12-28-25(17)23/h1-2,4,6-8,10-13,23H,3,5,9,14-16,26-27H2,(H,29,30). The van der Waals surface area contributed by atoms with Crippen LogP contribution in [0, 0.1) is 0 Å². The van der Waals surface area contributed by atoms with Crippen LogP contribution < -0.4 is 11.5 Å². The summed E-state index contributed by atoms with van der Waals surface area (Å²) in [6, 6.07) is 18.6. The third kappa shape index (κ3) is 4.04. The number of pyridine rings is 1. The van der Waals surface area contributed by atoms with Gasteiger partial charge in [-0.2, -0.15) is 0 Å². The summed E-state index contributed by atoms with van der Waals surface area (Å²) in [5.41, 5.74) is 19.8. The van der Waals surface area contributed by atoms with Crippen LogP contribution in [-0.2, 0) is 26.1 Å². The average molecular weight is 413 g/mol. The van der Waals surface area contributed by atoms with Crippen LogP contribution in [0.2, 0.25) is 0 Å². The molecule has 5 N–H and O–H groups in total. The molecule has 1 atom stereocenters. The lowest BCUT2D eigenvalue weighted by atomic mass is 9.90. The summed E-state index contributed by atoms with van der Waals surface area (Å²) >= 11 is 0. The van der Waals surface area contributed by atoms with Gasteiger partial charge in [0.1, 0.15) is 5.82 Å². The topological polar surface area (TPSA) is 96.9 Å². The lowest BCUT2D eigenvalue weighted by Gasteiger charge is -2.35. The first kappa shape index (κ1) is 19.7. The summed E-state index contributed by atoms with van der Waals surface area (Å²) in [5.74, 6) is 0.961. The molecule has 2 heterocycles. The maximum absolute atomic E-state index is 6.13. The maximum atomic E-state index is 6.13. The normalized spacial score (nSPS) is 16.0. The van der Waals surface area contributed by atoms with Gasteiger partial charge >= 0.3 is 0 Å². The Hall–Kier alpha value is -3.22. The van der Waals surface area contributed by atoms with E-state index in [1.165, 1.54) is 16.8 Å². The van der Waals surface area contributed by atoms with Crippen LogP contribution in [0.15, 0.2) is 60.8 Å². The zero-order chi connectivity index (χ0) is 21.2. The molecule has 0 fully saturated rings. The van der Waals surface area contributed by atoms with Crippen molar-refractivity contribution in [3.63, 3.8) is 0 Å². The number of anilines is 1. The Bertz CT molecular complexity index is 1160. The lowest BCUT2D eigenvalue weighted by molar-refractivity contribution is 0.153. The number of aromatic nitrogens is 3. The highest BCUT2D eigenvalue weighted by molar-refractivity contribution is 5.74. The summed E-state index contributed by atoms with van der Waals surface area (Å²) in [5, 5.41) is 0. The monoisotopic (exact) mass is 412 g/mol. The summed E-state index contributed by atoms with van der Waals surface area (Å²) < 4.78 is 0. The fourth-order valence-corrected chi connectivity index (χ4v) is 4.70. The molecule has 0 aliphatic heterocycles. The summed E-state index contributed by atoms with van der Waals surface area (Å²) in [6.45, 7) is 1.94. The summed E-state index contributed by atoms with van der Waals surface area (Å²) in [4.78, 5) is 15.6. The minimum absolute atomic E-state index is 0.227. The minimum atomic E-state index is 0.227. The predicted molar refractivity (Wildman–Crippen MR) is 124 cm³/mol. The van der Waals surface area contributed by atoms with Crippen molar-refractivity contribution in [1.82, 2.24) is 19.9 Å². The number of nitrogens with zero attached hydrogens (tertiary/aromatic N) is 3. The second-order valence-corrected chi connectivity index (χ2v) is 8.29. The van der Waals surface area contributed by atoms with Crippen molar-refractivity contribution in [1.29, 1.82) is 0 Å². The Morgan fingerprint density at radius 3 is 2.81 bits per heavy atom. The number of imidazole rings is 1. The zero-order valence-electron chi connectivity index (χ0n) is 17.6. The largest absolute Gasteiger partial charge is 0.399 e. The summed E-state index contributed by atoms with van der Waals surface area (Å²) in [7, 11) is 0. The van der Waals surface area contributed by atoms with Gasteiger partial charge in [0.25, 0.3) is 0 Å². The number of aryl methyl sites for hydroxylation is 1. The Balaban J connectivity index is 1.53. The van der Waals surface area contributed by atoms with Gasteiger partial charge in [-0.3, -0.25) is 9.88 Å². The lowest BCUT2D eigenvalue weighted by Crippen LogP contribution is -2.32. The molecular weight excluding hydrogens is 384 g/mol. The van der Waals surface area contributed by atoms with E-state index in [1.54, 1.807) is 0 Å². The van der Waals surface area contributed by atoms with E-state index < -0.39 is 0 Å². The number of rotatable bonds is 6. The molecule has 1 aliphatic rings. The molecule has 0 saturated heterocycles. The predicted octanol–water partition coefficient (Wildman–Crippen LogP) is 4.08. The Labute approximate surface area is 182 Å². The van der Waals surface area contributed by atoms with Gasteiger partial charge in [-0.15, -0.1) is 0 Å². The number of para-hydroxylation sites is 2. The quantitative estimate of drug-likeness (QED) is 0.415. The van der Waals surface area contributed by atoms with Gasteiger partial charge < -0.3 is 16.5 Å². The molecule has 6 heteroatoms. The van der Waals surface area contributed by atoms with Crippen LogP contribution in [0.4, 0.5) is 5.69 Å². The second kappa shape index (κ2) is 8.49. The fourth-order valence-electron chi connectivity index (χ4n) is 4.70. The maximum Gasteiger partial charge on any atom is 0.121 e. The van der Waals surface area contributed by atoms with E-state index in [2.05, 4.69) is 28.1 Å². The fraction of sp³-hybridized carbons (Fsp3) is 0.280. The molecule has 158 valence electrons. The van der Waals surface area contributed by atoms with Gasteiger partial charge in [0.15, 0.2) is 0 Å². The molecule has 0 saturated carbocycles. The van der Waals surface area contributed by atoms with Gasteiger partial charge in [-0.1, -0.05) is 24.3 Å². The van der Waals surface area contributed by atoms with Crippen LogP contribution >= 0.6 is 0 Å². The highest BCUT2D eigenvalue weighted by Gasteiger charge is 2.28. The van der Waals surface area contributed by atoms with Crippen molar-refractivity contribution in [3.05, 3.63) is 89.0 Å². The van der Waals surface area contributed by atoms with Crippen molar-refractivity contribution in [2.24, 2.45) is 5.73 Å². The smallest absolute Gasteiger partial charge is 0.121 e. The highest BCUT2D eigenvalue weighted by atomic mass is 15.2. The molecule has 2 aromatic carbocycles. The van der Waals surface area contributed by atoms with E-state index in [9.17, 15) is 0 Å². The molecule has 2 aromatic heterocycles. The molecule has 4 aromatic rings. The molecule has 0 radical (unpaired) electrons. The number of nitrogen functional groups attached to an aromatic ring is 1. The molecular formula is C25H28N6. The Kier molecular flexibility index (Phi) is 5.40. The number of hydrogen-bond donors (Lipinski definition) is 3. The Morgan fingerprint density at radius 2 is 1.94 bits per heavy atom. The highest BCUT2D eigenvalue weighted by Crippen LogP contribution is 2.35.